The highest BCUT2D eigenvalue weighted by Gasteiger charge is 2.16. The van der Waals surface area contributed by atoms with E-state index in [2.05, 4.69) is 5.32 Å². The van der Waals surface area contributed by atoms with Crippen molar-refractivity contribution in [3.05, 3.63) is 68.7 Å². The highest BCUT2D eigenvalue weighted by atomic mass is 35.5. The van der Waals surface area contributed by atoms with Crippen molar-refractivity contribution in [3.8, 4) is 0 Å². The molecule has 0 saturated carbocycles. The number of amides is 1. The van der Waals surface area contributed by atoms with Gasteiger partial charge in [-0.2, -0.15) is 0 Å². The molecule has 0 fully saturated rings. The Morgan fingerprint density at radius 1 is 1.12 bits per heavy atom. The first kappa shape index (κ1) is 19.3. The number of rotatable bonds is 5. The van der Waals surface area contributed by atoms with E-state index in [1.165, 1.54) is 11.6 Å². The summed E-state index contributed by atoms with van der Waals surface area (Å²) in [5.41, 5.74) is 3.46. The maximum absolute atomic E-state index is 12.0. The molecule has 25 heavy (non-hydrogen) atoms. The van der Waals surface area contributed by atoms with Crippen LogP contribution >= 0.6 is 23.2 Å². The molecule has 0 heterocycles. The zero-order valence-electron chi connectivity index (χ0n) is 14.2. The summed E-state index contributed by atoms with van der Waals surface area (Å²) in [6.45, 7) is 5.53. The molecule has 132 valence electrons. The van der Waals surface area contributed by atoms with Gasteiger partial charge in [-0.1, -0.05) is 47.5 Å². The van der Waals surface area contributed by atoms with E-state index in [0.717, 1.165) is 11.1 Å². The molecule has 2 rings (SSSR count). The minimum absolute atomic E-state index is 0.109. The van der Waals surface area contributed by atoms with Crippen molar-refractivity contribution >= 4 is 35.1 Å². The molecule has 0 aliphatic rings. The number of ether oxygens (including phenoxy) is 1. The van der Waals surface area contributed by atoms with E-state index in [4.69, 9.17) is 27.9 Å². The second-order valence-corrected chi connectivity index (χ2v) is 6.60. The molecule has 2 aromatic carbocycles. The Hall–Kier alpha value is -2.04. The van der Waals surface area contributed by atoms with Gasteiger partial charge in [0.25, 0.3) is 5.91 Å². The third kappa shape index (κ3) is 4.97. The van der Waals surface area contributed by atoms with Crippen LogP contribution in [0.3, 0.4) is 0 Å². The molecule has 6 heteroatoms. The molecule has 0 aliphatic heterocycles. The number of benzene rings is 2. The molecule has 0 radical (unpaired) electrons. The van der Waals surface area contributed by atoms with Crippen molar-refractivity contribution in [2.75, 3.05) is 6.61 Å². The predicted molar refractivity (Wildman–Crippen MR) is 99.2 cm³/mol. The molecule has 0 unspecified atom stereocenters. The summed E-state index contributed by atoms with van der Waals surface area (Å²) >= 11 is 11.8. The summed E-state index contributed by atoms with van der Waals surface area (Å²) in [5.74, 6) is -1.08. The van der Waals surface area contributed by atoms with Crippen LogP contribution in [0.4, 0.5) is 0 Å². The number of carbonyl (C=O) groups excluding carboxylic acids is 2. The zero-order chi connectivity index (χ0) is 18.6. The predicted octanol–water partition coefficient (Wildman–Crippen LogP) is 4.64. The second kappa shape index (κ2) is 8.37. The van der Waals surface area contributed by atoms with Crippen molar-refractivity contribution in [1.82, 2.24) is 5.32 Å². The van der Waals surface area contributed by atoms with E-state index in [9.17, 15) is 9.59 Å². The Kier molecular flexibility index (Phi) is 6.45. The smallest absolute Gasteiger partial charge is 0.340 e. The molecular weight excluding hydrogens is 361 g/mol. The van der Waals surface area contributed by atoms with Crippen LogP contribution in [0.15, 0.2) is 36.4 Å². The molecule has 2 aromatic rings. The molecular formula is C19H19Cl2NO3. The standard InChI is InChI=1S/C19H19Cl2NO3/c1-11-7-8-14(9-12(11)2)13(3)22-17(23)10-25-19(24)15-5-4-6-16(20)18(15)21/h4-9,13H,10H2,1-3H3,(H,22,23)/t13-/m0/s1. The molecule has 0 aliphatic carbocycles. The van der Waals surface area contributed by atoms with E-state index < -0.39 is 18.5 Å². The van der Waals surface area contributed by atoms with Crippen LogP contribution in [0.1, 0.15) is 40.0 Å². The van der Waals surface area contributed by atoms with Gasteiger partial charge in [-0.15, -0.1) is 0 Å². The van der Waals surface area contributed by atoms with Gasteiger partial charge in [0.1, 0.15) is 0 Å². The van der Waals surface area contributed by atoms with Gasteiger partial charge < -0.3 is 10.1 Å². The number of hydrogen-bond acceptors (Lipinski definition) is 3. The minimum atomic E-state index is -0.693. The summed E-state index contributed by atoms with van der Waals surface area (Å²) in [5, 5.41) is 3.16. The largest absolute Gasteiger partial charge is 0.452 e. The highest BCUT2D eigenvalue weighted by Crippen LogP contribution is 2.26. The summed E-state index contributed by atoms with van der Waals surface area (Å²) < 4.78 is 5.01. The first-order valence-electron chi connectivity index (χ1n) is 7.77. The molecule has 1 atom stereocenters. The quantitative estimate of drug-likeness (QED) is 0.769. The average Bonchev–Trinajstić information content (AvgIpc) is 2.57. The van der Waals surface area contributed by atoms with Crippen LogP contribution in [0, 0.1) is 13.8 Å². The molecule has 0 aromatic heterocycles. The number of hydrogen-bond donors (Lipinski definition) is 1. The Balaban J connectivity index is 1.92. The van der Waals surface area contributed by atoms with Gasteiger partial charge in [0.05, 0.1) is 21.7 Å². The lowest BCUT2D eigenvalue weighted by Crippen LogP contribution is -2.31. The molecule has 0 spiro atoms. The van der Waals surface area contributed by atoms with Gasteiger partial charge >= 0.3 is 5.97 Å². The van der Waals surface area contributed by atoms with Crippen LogP contribution in [-0.4, -0.2) is 18.5 Å². The van der Waals surface area contributed by atoms with Gasteiger partial charge in [0, 0.05) is 0 Å². The van der Waals surface area contributed by atoms with Gasteiger partial charge in [-0.3, -0.25) is 4.79 Å². The number of esters is 1. The van der Waals surface area contributed by atoms with Crippen molar-refractivity contribution in [1.29, 1.82) is 0 Å². The maximum atomic E-state index is 12.0. The first-order chi connectivity index (χ1) is 11.8. The normalized spacial score (nSPS) is 11.7. The Bertz CT molecular complexity index is 805. The fourth-order valence-electron chi connectivity index (χ4n) is 2.27. The van der Waals surface area contributed by atoms with E-state index in [1.54, 1.807) is 12.1 Å². The molecule has 0 bridgehead atoms. The zero-order valence-corrected chi connectivity index (χ0v) is 15.7. The summed E-state index contributed by atoms with van der Waals surface area (Å²) in [4.78, 5) is 24.0. The summed E-state index contributed by atoms with van der Waals surface area (Å²) in [6.07, 6.45) is 0. The molecule has 1 amide bonds. The number of carbonyl (C=O) groups is 2. The van der Waals surface area contributed by atoms with Crippen molar-refractivity contribution < 1.29 is 14.3 Å². The van der Waals surface area contributed by atoms with Crippen molar-refractivity contribution in [2.45, 2.75) is 26.8 Å². The minimum Gasteiger partial charge on any atom is -0.452 e. The van der Waals surface area contributed by atoms with E-state index in [1.807, 2.05) is 39.0 Å². The number of halogens is 2. The van der Waals surface area contributed by atoms with Gasteiger partial charge in [0.15, 0.2) is 6.61 Å². The topological polar surface area (TPSA) is 55.4 Å². The second-order valence-electron chi connectivity index (χ2n) is 5.81. The lowest BCUT2D eigenvalue weighted by molar-refractivity contribution is -0.124. The fraction of sp³-hybridized carbons (Fsp3) is 0.263. The van der Waals surface area contributed by atoms with Gasteiger partial charge in [0.2, 0.25) is 0 Å². The lowest BCUT2D eigenvalue weighted by atomic mass is 10.0. The Labute approximate surface area is 157 Å². The SMILES string of the molecule is Cc1ccc([C@H](C)NC(=O)COC(=O)c2cccc(Cl)c2Cl)cc1C. The Morgan fingerprint density at radius 3 is 2.52 bits per heavy atom. The highest BCUT2D eigenvalue weighted by molar-refractivity contribution is 6.43. The van der Waals surface area contributed by atoms with E-state index >= 15 is 0 Å². The van der Waals surface area contributed by atoms with E-state index in [0.29, 0.717) is 0 Å². The lowest BCUT2D eigenvalue weighted by Gasteiger charge is -2.16. The third-order valence-corrected chi connectivity index (χ3v) is 4.73. The fourth-order valence-corrected chi connectivity index (χ4v) is 2.65. The third-order valence-electron chi connectivity index (χ3n) is 3.91. The molecule has 1 N–H and O–H groups in total. The monoisotopic (exact) mass is 379 g/mol. The number of nitrogens with one attached hydrogen (secondary N) is 1. The van der Waals surface area contributed by atoms with Crippen LogP contribution in [0.5, 0.6) is 0 Å². The van der Waals surface area contributed by atoms with Crippen LogP contribution in [-0.2, 0) is 9.53 Å². The van der Waals surface area contributed by atoms with E-state index in [-0.39, 0.29) is 21.7 Å². The summed E-state index contributed by atoms with van der Waals surface area (Å²) in [7, 11) is 0. The van der Waals surface area contributed by atoms with Crippen LogP contribution < -0.4 is 5.32 Å². The van der Waals surface area contributed by atoms with Crippen molar-refractivity contribution in [3.63, 3.8) is 0 Å². The Morgan fingerprint density at radius 2 is 1.84 bits per heavy atom. The molecule has 0 saturated heterocycles. The van der Waals surface area contributed by atoms with Crippen LogP contribution in [0.2, 0.25) is 10.0 Å². The van der Waals surface area contributed by atoms with Crippen LogP contribution in [0.25, 0.3) is 0 Å². The average molecular weight is 380 g/mol. The first-order valence-corrected chi connectivity index (χ1v) is 8.53. The number of aryl methyl sites for hydroxylation is 2. The maximum Gasteiger partial charge on any atom is 0.340 e. The van der Waals surface area contributed by atoms with Gasteiger partial charge in [-0.25, -0.2) is 4.79 Å². The van der Waals surface area contributed by atoms with Crippen molar-refractivity contribution in [2.24, 2.45) is 0 Å². The van der Waals surface area contributed by atoms with Gasteiger partial charge in [-0.05, 0) is 49.6 Å². The molecule has 4 nitrogen and oxygen atoms in total. The summed E-state index contributed by atoms with van der Waals surface area (Å²) in [6, 6.07) is 10.5.